The molecule has 0 aromatic carbocycles. The quantitative estimate of drug-likeness (QED) is 0.749. The van der Waals surface area contributed by atoms with Crippen LogP contribution in [0.3, 0.4) is 0 Å². The first-order valence-electron chi connectivity index (χ1n) is 6.57. The van der Waals surface area contributed by atoms with E-state index in [1.807, 2.05) is 0 Å². The summed E-state index contributed by atoms with van der Waals surface area (Å²) in [5.74, 6) is 1.34. The minimum absolute atomic E-state index is 0.271. The van der Waals surface area contributed by atoms with Crippen molar-refractivity contribution in [3.8, 4) is 0 Å². The lowest BCUT2D eigenvalue weighted by Gasteiger charge is -2.26. The average molecular weight is 320 g/mol. The van der Waals surface area contributed by atoms with E-state index in [1.165, 1.54) is 11.5 Å². The summed E-state index contributed by atoms with van der Waals surface area (Å²) in [6.45, 7) is 3.44. The van der Waals surface area contributed by atoms with Gasteiger partial charge in [0.15, 0.2) is 9.84 Å². The van der Waals surface area contributed by atoms with Crippen molar-refractivity contribution in [3.05, 3.63) is 5.82 Å². The summed E-state index contributed by atoms with van der Waals surface area (Å²) in [5.41, 5.74) is 0. The van der Waals surface area contributed by atoms with E-state index >= 15 is 0 Å². The molecule has 20 heavy (non-hydrogen) atoms. The average Bonchev–Trinajstić information content (AvgIpc) is 2.86. The van der Waals surface area contributed by atoms with Gasteiger partial charge < -0.3 is 10.1 Å². The molecule has 1 saturated heterocycles. The first-order valence-corrected chi connectivity index (χ1v) is 9.17. The molecule has 1 N–H and O–H groups in total. The third kappa shape index (κ3) is 4.97. The second-order valence-electron chi connectivity index (χ2n) is 4.68. The van der Waals surface area contributed by atoms with Crippen LogP contribution in [0.5, 0.6) is 0 Å². The van der Waals surface area contributed by atoms with E-state index in [-0.39, 0.29) is 11.5 Å². The highest BCUT2D eigenvalue weighted by molar-refractivity contribution is 7.91. The molecule has 1 fully saturated rings. The smallest absolute Gasteiger partial charge is 0.202 e. The molecule has 2 heterocycles. The number of nitrogens with one attached hydrogen (secondary N) is 1. The monoisotopic (exact) mass is 320 g/mol. The standard InChI is InChI=1S/C11H20N4O3S2/c1-18-7-2-10-13-11(19-14-10)12-3-4-15-5-8-20(16,17)9-6-15/h2-9H2,1H3,(H,12,13,14). The van der Waals surface area contributed by atoms with E-state index in [4.69, 9.17) is 4.74 Å². The number of aromatic nitrogens is 2. The molecule has 0 atom stereocenters. The molecule has 0 unspecified atom stereocenters. The minimum Gasteiger partial charge on any atom is -0.384 e. The van der Waals surface area contributed by atoms with Crippen molar-refractivity contribution in [1.29, 1.82) is 0 Å². The Morgan fingerprint density at radius 3 is 2.85 bits per heavy atom. The Kier molecular flexibility index (Phi) is 5.70. The van der Waals surface area contributed by atoms with Crippen LogP contribution in [0.25, 0.3) is 0 Å². The molecule has 0 saturated carbocycles. The Morgan fingerprint density at radius 2 is 2.15 bits per heavy atom. The molecule has 7 nitrogen and oxygen atoms in total. The van der Waals surface area contributed by atoms with Gasteiger partial charge in [-0.15, -0.1) is 0 Å². The van der Waals surface area contributed by atoms with Gasteiger partial charge >= 0.3 is 0 Å². The van der Waals surface area contributed by atoms with Crippen LogP contribution in [0.15, 0.2) is 0 Å². The van der Waals surface area contributed by atoms with Crippen LogP contribution in [-0.4, -0.2) is 74.1 Å². The number of hydrogen-bond acceptors (Lipinski definition) is 8. The van der Waals surface area contributed by atoms with Crippen molar-refractivity contribution in [2.45, 2.75) is 6.42 Å². The number of anilines is 1. The topological polar surface area (TPSA) is 84.4 Å². The summed E-state index contributed by atoms with van der Waals surface area (Å²) in [6, 6.07) is 0. The highest BCUT2D eigenvalue weighted by Gasteiger charge is 2.20. The number of ether oxygens (including phenoxy) is 1. The van der Waals surface area contributed by atoms with Gasteiger partial charge in [-0.2, -0.15) is 4.37 Å². The fourth-order valence-electron chi connectivity index (χ4n) is 1.92. The maximum Gasteiger partial charge on any atom is 0.202 e. The first-order chi connectivity index (χ1) is 9.59. The summed E-state index contributed by atoms with van der Waals surface area (Å²) >= 11 is 1.34. The lowest BCUT2D eigenvalue weighted by atomic mass is 10.4. The predicted octanol–water partition coefficient (Wildman–Crippen LogP) is -0.131. The normalized spacial score (nSPS) is 19.1. The zero-order valence-corrected chi connectivity index (χ0v) is 13.2. The van der Waals surface area contributed by atoms with Crippen LogP contribution in [-0.2, 0) is 21.0 Å². The van der Waals surface area contributed by atoms with Crippen molar-refractivity contribution in [1.82, 2.24) is 14.3 Å². The number of rotatable bonds is 7. The van der Waals surface area contributed by atoms with Crippen molar-refractivity contribution < 1.29 is 13.2 Å². The largest absolute Gasteiger partial charge is 0.384 e. The van der Waals surface area contributed by atoms with Crippen LogP contribution in [0.4, 0.5) is 5.13 Å². The van der Waals surface area contributed by atoms with Crippen LogP contribution in [0, 0.1) is 0 Å². The van der Waals surface area contributed by atoms with Crippen molar-refractivity contribution in [2.24, 2.45) is 0 Å². The van der Waals surface area contributed by atoms with E-state index in [0.29, 0.717) is 19.7 Å². The van der Waals surface area contributed by atoms with Gasteiger partial charge in [-0.05, 0) is 0 Å². The molecule has 1 aliphatic rings. The molecular formula is C11H20N4O3S2. The van der Waals surface area contributed by atoms with Gasteiger partial charge in [0.25, 0.3) is 0 Å². The van der Waals surface area contributed by atoms with Gasteiger partial charge in [-0.3, -0.25) is 4.90 Å². The van der Waals surface area contributed by atoms with Gasteiger partial charge in [-0.25, -0.2) is 13.4 Å². The second kappa shape index (κ2) is 7.30. The van der Waals surface area contributed by atoms with Crippen LogP contribution >= 0.6 is 11.5 Å². The zero-order valence-electron chi connectivity index (χ0n) is 11.5. The fourth-order valence-corrected chi connectivity index (χ4v) is 3.83. The van der Waals surface area contributed by atoms with Crippen molar-refractivity contribution in [2.75, 3.05) is 56.7 Å². The van der Waals surface area contributed by atoms with Crippen LogP contribution in [0.1, 0.15) is 5.82 Å². The van der Waals surface area contributed by atoms with E-state index in [0.717, 1.165) is 30.5 Å². The molecule has 1 aromatic heterocycles. The number of methoxy groups -OCH3 is 1. The van der Waals surface area contributed by atoms with Crippen molar-refractivity contribution >= 4 is 26.5 Å². The molecule has 1 aromatic rings. The highest BCUT2D eigenvalue weighted by atomic mass is 32.2. The van der Waals surface area contributed by atoms with E-state index in [1.54, 1.807) is 7.11 Å². The second-order valence-corrected chi connectivity index (χ2v) is 7.73. The minimum atomic E-state index is -2.79. The third-order valence-electron chi connectivity index (χ3n) is 3.14. The molecule has 0 amide bonds. The Labute approximate surface area is 123 Å². The SMILES string of the molecule is COCCc1nsc(NCCN2CCS(=O)(=O)CC2)n1. The molecule has 114 valence electrons. The Balaban J connectivity index is 1.67. The maximum atomic E-state index is 11.3. The molecular weight excluding hydrogens is 300 g/mol. The summed E-state index contributed by atoms with van der Waals surface area (Å²) in [6.07, 6.45) is 0.721. The van der Waals surface area contributed by atoms with Gasteiger partial charge in [0.1, 0.15) is 5.82 Å². The fraction of sp³-hybridized carbons (Fsp3) is 0.818. The lowest BCUT2D eigenvalue weighted by molar-refractivity contribution is 0.201. The van der Waals surface area contributed by atoms with E-state index in [2.05, 4.69) is 19.6 Å². The summed E-state index contributed by atoms with van der Waals surface area (Å²) in [5, 5.41) is 4.03. The van der Waals surface area contributed by atoms with Crippen LogP contribution < -0.4 is 5.32 Å². The van der Waals surface area contributed by atoms with Gasteiger partial charge in [-0.1, -0.05) is 0 Å². The molecule has 0 bridgehead atoms. The molecule has 2 rings (SSSR count). The Morgan fingerprint density at radius 1 is 1.40 bits per heavy atom. The summed E-state index contributed by atoms with van der Waals surface area (Å²) in [4.78, 5) is 6.51. The first kappa shape index (κ1) is 15.6. The Bertz CT molecular complexity index is 503. The molecule has 9 heteroatoms. The summed E-state index contributed by atoms with van der Waals surface area (Å²) < 4.78 is 31.8. The van der Waals surface area contributed by atoms with Gasteiger partial charge in [0.2, 0.25) is 5.13 Å². The third-order valence-corrected chi connectivity index (χ3v) is 5.46. The molecule has 0 radical (unpaired) electrons. The lowest BCUT2D eigenvalue weighted by Crippen LogP contribution is -2.42. The van der Waals surface area contributed by atoms with E-state index < -0.39 is 9.84 Å². The summed E-state index contributed by atoms with van der Waals surface area (Å²) in [7, 11) is -1.14. The molecule has 0 aliphatic carbocycles. The maximum absolute atomic E-state index is 11.3. The van der Waals surface area contributed by atoms with Crippen LogP contribution in [0.2, 0.25) is 0 Å². The zero-order chi connectivity index (χ0) is 14.4. The van der Waals surface area contributed by atoms with Crippen molar-refractivity contribution in [3.63, 3.8) is 0 Å². The predicted molar refractivity (Wildman–Crippen MR) is 79.1 cm³/mol. The highest BCUT2D eigenvalue weighted by Crippen LogP contribution is 2.11. The van der Waals surface area contributed by atoms with Gasteiger partial charge in [0.05, 0.1) is 18.1 Å². The molecule has 0 spiro atoms. The van der Waals surface area contributed by atoms with Gasteiger partial charge in [0, 0.05) is 51.2 Å². The number of nitrogens with zero attached hydrogens (tertiary/aromatic N) is 3. The number of sulfone groups is 1. The van der Waals surface area contributed by atoms with E-state index in [9.17, 15) is 8.42 Å². The Hall–Kier alpha value is -0.770. The molecule has 1 aliphatic heterocycles. The number of hydrogen-bond donors (Lipinski definition) is 1.